The van der Waals surface area contributed by atoms with E-state index in [1.54, 1.807) is 0 Å². The molecule has 1 nitrogen and oxygen atoms in total. The summed E-state index contributed by atoms with van der Waals surface area (Å²) in [5, 5.41) is 0. The highest BCUT2D eigenvalue weighted by molar-refractivity contribution is 5.81. The molecule has 0 bridgehead atoms. The molecule has 0 aromatic heterocycles. The lowest BCUT2D eigenvalue weighted by atomic mass is 9.64. The van der Waals surface area contributed by atoms with Crippen molar-refractivity contribution >= 4 is 5.78 Å². The first-order valence-electron chi connectivity index (χ1n) is 10.2. The summed E-state index contributed by atoms with van der Waals surface area (Å²) in [5.41, 5.74) is 0. The zero-order chi connectivity index (χ0) is 15.9. The highest BCUT2D eigenvalue weighted by atomic mass is 16.1. The quantitative estimate of drug-likeness (QED) is 0.531. The van der Waals surface area contributed by atoms with E-state index < -0.39 is 0 Å². The third-order valence-electron chi connectivity index (χ3n) is 6.65. The Morgan fingerprint density at radius 1 is 0.955 bits per heavy atom. The maximum atomic E-state index is 12.2. The highest BCUT2D eigenvalue weighted by Gasteiger charge is 2.35. The van der Waals surface area contributed by atoms with Gasteiger partial charge in [0.25, 0.3) is 0 Å². The number of rotatable bonds is 7. The predicted molar refractivity (Wildman–Crippen MR) is 94.9 cm³/mol. The molecule has 2 aliphatic rings. The monoisotopic (exact) mass is 306 g/mol. The number of carbonyl (C=O) groups excluding carboxylic acids is 1. The van der Waals surface area contributed by atoms with Gasteiger partial charge in [0.15, 0.2) is 0 Å². The predicted octanol–water partition coefficient (Wildman–Crippen LogP) is 6.40. The van der Waals surface area contributed by atoms with E-state index in [0.717, 1.165) is 42.9 Å². The molecular formula is C21H38O. The van der Waals surface area contributed by atoms with Gasteiger partial charge in [-0.05, 0) is 68.6 Å². The molecule has 0 aliphatic heterocycles. The van der Waals surface area contributed by atoms with Gasteiger partial charge in [0, 0.05) is 12.3 Å². The lowest BCUT2D eigenvalue weighted by Crippen LogP contribution is -2.32. The molecule has 2 rings (SSSR count). The number of hydrogen-bond acceptors (Lipinski definition) is 1. The summed E-state index contributed by atoms with van der Waals surface area (Å²) in [5.74, 6) is 4.79. The summed E-state index contributed by atoms with van der Waals surface area (Å²) in [6.45, 7) is 7.01. The second-order valence-corrected chi connectivity index (χ2v) is 8.29. The second kappa shape index (κ2) is 9.08. The van der Waals surface area contributed by atoms with Crippen LogP contribution < -0.4 is 0 Å². The fraction of sp³-hybridized carbons (Fsp3) is 0.952. The second-order valence-electron chi connectivity index (χ2n) is 8.29. The first-order chi connectivity index (χ1) is 10.7. The van der Waals surface area contributed by atoms with E-state index in [4.69, 9.17) is 0 Å². The molecular weight excluding hydrogens is 268 g/mol. The van der Waals surface area contributed by atoms with Gasteiger partial charge in [-0.1, -0.05) is 46.5 Å². The van der Waals surface area contributed by atoms with Gasteiger partial charge in [-0.15, -0.1) is 0 Å². The summed E-state index contributed by atoms with van der Waals surface area (Å²) in [6, 6.07) is 0. The Morgan fingerprint density at radius 3 is 2.27 bits per heavy atom. The van der Waals surface area contributed by atoms with Gasteiger partial charge in [0.05, 0.1) is 0 Å². The van der Waals surface area contributed by atoms with E-state index in [2.05, 4.69) is 20.8 Å². The minimum absolute atomic E-state index is 0.412. The zero-order valence-corrected chi connectivity index (χ0v) is 15.3. The van der Waals surface area contributed by atoms with Crippen LogP contribution in [0.4, 0.5) is 0 Å². The molecule has 0 aromatic rings. The van der Waals surface area contributed by atoms with Crippen LogP contribution in [0.3, 0.4) is 0 Å². The zero-order valence-electron chi connectivity index (χ0n) is 15.3. The number of hydrogen-bond donors (Lipinski definition) is 0. The Bertz CT molecular complexity index is 327. The van der Waals surface area contributed by atoms with Crippen LogP contribution in [0.15, 0.2) is 0 Å². The molecule has 0 saturated heterocycles. The highest BCUT2D eigenvalue weighted by Crippen LogP contribution is 2.45. The van der Waals surface area contributed by atoms with Gasteiger partial charge >= 0.3 is 0 Å². The number of carbonyl (C=O) groups is 1. The molecule has 3 unspecified atom stereocenters. The van der Waals surface area contributed by atoms with Crippen molar-refractivity contribution in [2.24, 2.45) is 29.6 Å². The lowest BCUT2D eigenvalue weighted by molar-refractivity contribution is -0.124. The minimum Gasteiger partial charge on any atom is -0.299 e. The third-order valence-corrected chi connectivity index (χ3v) is 6.65. The van der Waals surface area contributed by atoms with Gasteiger partial charge in [0.1, 0.15) is 5.78 Å². The standard InChI is InChI=1S/C21H38O/c1-4-6-8-21(22)19-12-10-18(11-13-19)20-14-9-17(7-5-2)15-16(20)3/h16-20H,4-15H2,1-3H3. The molecule has 0 spiro atoms. The van der Waals surface area contributed by atoms with Crippen molar-refractivity contribution in [2.45, 2.75) is 97.8 Å². The van der Waals surface area contributed by atoms with Crippen LogP contribution in [0.2, 0.25) is 0 Å². The summed E-state index contributed by atoms with van der Waals surface area (Å²) in [6.07, 6.45) is 15.3. The van der Waals surface area contributed by atoms with Gasteiger partial charge < -0.3 is 0 Å². The average molecular weight is 307 g/mol. The first kappa shape index (κ1) is 18.0. The Balaban J connectivity index is 1.76. The van der Waals surface area contributed by atoms with Gasteiger partial charge in [-0.25, -0.2) is 0 Å². The Hall–Kier alpha value is -0.330. The molecule has 0 heterocycles. The van der Waals surface area contributed by atoms with Gasteiger partial charge in [-0.3, -0.25) is 4.79 Å². The van der Waals surface area contributed by atoms with Crippen LogP contribution in [-0.2, 0) is 4.79 Å². The smallest absolute Gasteiger partial charge is 0.135 e. The molecule has 2 saturated carbocycles. The summed E-state index contributed by atoms with van der Waals surface area (Å²) < 4.78 is 0. The fourth-order valence-electron chi connectivity index (χ4n) is 5.33. The van der Waals surface area contributed by atoms with E-state index in [1.807, 2.05) is 0 Å². The topological polar surface area (TPSA) is 17.1 Å². The molecule has 128 valence electrons. The van der Waals surface area contributed by atoms with Crippen molar-refractivity contribution in [2.75, 3.05) is 0 Å². The van der Waals surface area contributed by atoms with Crippen LogP contribution in [0.5, 0.6) is 0 Å². The largest absolute Gasteiger partial charge is 0.299 e. The summed E-state index contributed by atoms with van der Waals surface area (Å²) in [4.78, 5) is 12.2. The SMILES string of the molecule is CCCCC(=O)C1CCC(C2CCC(CCC)CC2C)CC1. The number of Topliss-reactive ketones (excluding diaryl/α,β-unsaturated/α-hetero) is 1. The van der Waals surface area contributed by atoms with Crippen molar-refractivity contribution in [3.8, 4) is 0 Å². The molecule has 22 heavy (non-hydrogen) atoms. The summed E-state index contributed by atoms with van der Waals surface area (Å²) >= 11 is 0. The van der Waals surface area contributed by atoms with Crippen LogP contribution >= 0.6 is 0 Å². The van der Waals surface area contributed by atoms with Gasteiger partial charge in [0.2, 0.25) is 0 Å². The van der Waals surface area contributed by atoms with Crippen LogP contribution in [0, 0.1) is 29.6 Å². The van der Waals surface area contributed by atoms with Gasteiger partial charge in [-0.2, -0.15) is 0 Å². The molecule has 0 aromatic carbocycles. The van der Waals surface area contributed by atoms with Crippen molar-refractivity contribution in [1.82, 2.24) is 0 Å². The van der Waals surface area contributed by atoms with E-state index >= 15 is 0 Å². The maximum absolute atomic E-state index is 12.2. The minimum atomic E-state index is 0.412. The molecule has 0 N–H and O–H groups in total. The molecule has 1 heteroatoms. The molecule has 0 radical (unpaired) electrons. The van der Waals surface area contributed by atoms with Crippen molar-refractivity contribution in [1.29, 1.82) is 0 Å². The van der Waals surface area contributed by atoms with Crippen LogP contribution in [0.25, 0.3) is 0 Å². The van der Waals surface area contributed by atoms with E-state index in [9.17, 15) is 4.79 Å². The fourth-order valence-corrected chi connectivity index (χ4v) is 5.33. The van der Waals surface area contributed by atoms with Crippen molar-refractivity contribution in [3.05, 3.63) is 0 Å². The maximum Gasteiger partial charge on any atom is 0.135 e. The van der Waals surface area contributed by atoms with Crippen molar-refractivity contribution < 1.29 is 4.79 Å². The Labute approximate surface area is 138 Å². The molecule has 2 aliphatic carbocycles. The van der Waals surface area contributed by atoms with Crippen LogP contribution in [-0.4, -0.2) is 5.78 Å². The number of ketones is 1. The Morgan fingerprint density at radius 2 is 1.68 bits per heavy atom. The molecule has 2 fully saturated rings. The van der Waals surface area contributed by atoms with E-state index in [1.165, 1.54) is 57.8 Å². The van der Waals surface area contributed by atoms with Crippen LogP contribution in [0.1, 0.15) is 97.8 Å². The molecule has 3 atom stereocenters. The van der Waals surface area contributed by atoms with E-state index in [0.29, 0.717) is 11.7 Å². The van der Waals surface area contributed by atoms with Crippen molar-refractivity contribution in [3.63, 3.8) is 0 Å². The summed E-state index contributed by atoms with van der Waals surface area (Å²) in [7, 11) is 0. The lowest BCUT2D eigenvalue weighted by Gasteiger charge is -2.41. The normalized spacial score (nSPS) is 36.2. The third kappa shape index (κ3) is 4.83. The molecule has 0 amide bonds. The van der Waals surface area contributed by atoms with E-state index in [-0.39, 0.29) is 0 Å². The average Bonchev–Trinajstić information content (AvgIpc) is 2.53. The Kier molecular flexibility index (Phi) is 7.44. The number of unbranched alkanes of at least 4 members (excludes halogenated alkanes) is 1. The first-order valence-corrected chi connectivity index (χ1v) is 10.2.